The maximum Gasteiger partial charge on any atom is 0.128 e. The average molecular weight is 222 g/mol. The van der Waals surface area contributed by atoms with Crippen molar-refractivity contribution < 1.29 is 0 Å². The minimum absolute atomic E-state index is 0.0926. The average Bonchev–Trinajstić information content (AvgIpc) is 1.62. The molecule has 0 radical (unpaired) electrons. The Kier molecular flexibility index (Phi) is 12.8. The molecule has 0 nitrogen and oxygen atoms in total. The minimum atomic E-state index is -0.606. The van der Waals surface area contributed by atoms with Crippen LogP contribution in [0.4, 0.5) is 0 Å². The molecule has 0 spiro atoms. The molecule has 10 heavy (non-hydrogen) atoms. The first kappa shape index (κ1) is 13.2. The van der Waals surface area contributed by atoms with Gasteiger partial charge in [-0.3, -0.25) is 0 Å². The van der Waals surface area contributed by atoms with Crippen LogP contribution in [0.25, 0.3) is 0 Å². The van der Waals surface area contributed by atoms with Gasteiger partial charge in [-0.15, -0.1) is 29.8 Å². The molecule has 0 unspecified atom stereocenters. The Hall–Kier alpha value is 0.640. The molecule has 60 valence electrons. The van der Waals surface area contributed by atoms with Gasteiger partial charge in [0.15, 0.2) is 0 Å². The highest BCUT2D eigenvalue weighted by atomic mass is 35.5. The molecular formula is C6H8Cl4. The summed E-state index contributed by atoms with van der Waals surface area (Å²) in [6.45, 7) is 5.25. The van der Waals surface area contributed by atoms with Crippen molar-refractivity contribution in [3.8, 4) is 0 Å². The zero-order chi connectivity index (χ0) is 8.57. The van der Waals surface area contributed by atoms with Crippen molar-refractivity contribution in [2.24, 2.45) is 0 Å². The molecule has 0 bridgehead atoms. The summed E-state index contributed by atoms with van der Waals surface area (Å²) in [6.07, 6.45) is 3.06. The Labute approximate surface area is 81.4 Å². The van der Waals surface area contributed by atoms with Crippen LogP contribution >= 0.6 is 46.4 Å². The summed E-state index contributed by atoms with van der Waals surface area (Å²) in [7, 11) is 0. The monoisotopic (exact) mass is 220 g/mol. The van der Waals surface area contributed by atoms with E-state index < -0.39 is 4.84 Å². The third-order valence-corrected chi connectivity index (χ3v) is 0.756. The topological polar surface area (TPSA) is 0 Å². The number of hydrogen-bond donors (Lipinski definition) is 0. The zero-order valence-corrected chi connectivity index (χ0v) is 8.47. The maximum atomic E-state index is 5.19. The van der Waals surface area contributed by atoms with Crippen LogP contribution in [-0.2, 0) is 0 Å². The largest absolute Gasteiger partial charge is 0.128 e. The van der Waals surface area contributed by atoms with Gasteiger partial charge in [0.05, 0.1) is 0 Å². The van der Waals surface area contributed by atoms with Gasteiger partial charge in [-0.05, 0) is 13.0 Å². The van der Waals surface area contributed by atoms with Crippen LogP contribution in [0.3, 0.4) is 0 Å². The van der Waals surface area contributed by atoms with Crippen LogP contribution < -0.4 is 0 Å². The summed E-state index contributed by atoms with van der Waals surface area (Å²) in [5.74, 6) is 0. The van der Waals surface area contributed by atoms with Gasteiger partial charge in [0.1, 0.15) is 9.33 Å². The van der Waals surface area contributed by atoms with E-state index in [9.17, 15) is 0 Å². The van der Waals surface area contributed by atoms with Crippen molar-refractivity contribution in [1.82, 2.24) is 0 Å². The molecule has 0 atom stereocenters. The number of alkyl halides is 2. The van der Waals surface area contributed by atoms with Gasteiger partial charge in [0.2, 0.25) is 0 Å². The minimum Gasteiger partial charge on any atom is -0.103 e. The van der Waals surface area contributed by atoms with Crippen molar-refractivity contribution in [2.75, 3.05) is 0 Å². The van der Waals surface area contributed by atoms with Gasteiger partial charge < -0.3 is 0 Å². The summed E-state index contributed by atoms with van der Waals surface area (Å²) in [4.78, 5) is -0.606. The fraction of sp³-hybridized carbons (Fsp3) is 0.333. The Balaban J connectivity index is 0. The van der Waals surface area contributed by atoms with Crippen LogP contribution in [-0.4, -0.2) is 4.84 Å². The van der Waals surface area contributed by atoms with E-state index in [0.717, 1.165) is 0 Å². The Morgan fingerprint density at radius 3 is 1.70 bits per heavy atom. The molecule has 4 heteroatoms. The van der Waals surface area contributed by atoms with Crippen molar-refractivity contribution in [1.29, 1.82) is 0 Å². The fourth-order valence-corrected chi connectivity index (χ4v) is 0.857. The third kappa shape index (κ3) is 23.4. The van der Waals surface area contributed by atoms with Crippen LogP contribution in [0.2, 0.25) is 0 Å². The van der Waals surface area contributed by atoms with E-state index in [0.29, 0.717) is 0 Å². The van der Waals surface area contributed by atoms with Crippen molar-refractivity contribution in [3.05, 3.63) is 23.2 Å². The van der Waals surface area contributed by atoms with E-state index in [2.05, 4.69) is 6.58 Å². The summed E-state index contributed by atoms with van der Waals surface area (Å²) in [6, 6.07) is 0. The first-order valence-electron chi connectivity index (χ1n) is 2.42. The Morgan fingerprint density at radius 2 is 1.70 bits per heavy atom. The quantitative estimate of drug-likeness (QED) is 0.458. The van der Waals surface area contributed by atoms with Gasteiger partial charge in [-0.2, -0.15) is 0 Å². The van der Waals surface area contributed by atoms with Crippen LogP contribution in [0.15, 0.2) is 23.2 Å². The zero-order valence-electron chi connectivity index (χ0n) is 5.45. The van der Waals surface area contributed by atoms with E-state index in [1.807, 2.05) is 6.92 Å². The van der Waals surface area contributed by atoms with E-state index in [-0.39, 0.29) is 4.49 Å². The first-order chi connectivity index (χ1) is 4.54. The highest BCUT2D eigenvalue weighted by Gasteiger charge is 1.91. The molecule has 0 aliphatic carbocycles. The lowest BCUT2D eigenvalue weighted by Gasteiger charge is -1.84. The molecule has 0 saturated heterocycles. The summed E-state index contributed by atoms with van der Waals surface area (Å²) in [5, 5.41) is 0. The normalized spacial score (nSPS) is 7.80. The molecule has 0 aromatic heterocycles. The molecule has 0 amide bonds. The number of allylic oxidation sites excluding steroid dienone is 2. The molecule has 0 aliphatic heterocycles. The van der Waals surface area contributed by atoms with Gasteiger partial charge in [0, 0.05) is 0 Å². The predicted molar refractivity (Wildman–Crippen MR) is 51.2 cm³/mol. The van der Waals surface area contributed by atoms with Crippen LogP contribution in [0.1, 0.15) is 6.92 Å². The molecule has 0 N–H and O–H groups in total. The van der Waals surface area contributed by atoms with E-state index in [1.54, 1.807) is 6.08 Å². The number of hydrogen-bond acceptors (Lipinski definition) is 0. The highest BCUT2D eigenvalue weighted by Crippen LogP contribution is 2.12. The van der Waals surface area contributed by atoms with Crippen molar-refractivity contribution >= 4 is 46.4 Å². The second-order valence-corrected chi connectivity index (χ2v) is 3.37. The SMILES string of the molecule is C=CC.ClC(Cl)=CC(Cl)Cl. The summed E-state index contributed by atoms with van der Waals surface area (Å²) in [5.41, 5.74) is 0. The molecule has 0 heterocycles. The van der Waals surface area contributed by atoms with E-state index in [4.69, 9.17) is 46.4 Å². The Morgan fingerprint density at radius 1 is 1.40 bits per heavy atom. The van der Waals surface area contributed by atoms with Gasteiger partial charge in [0.25, 0.3) is 0 Å². The summed E-state index contributed by atoms with van der Waals surface area (Å²) < 4.78 is 0.0926. The lowest BCUT2D eigenvalue weighted by Crippen LogP contribution is -1.73. The van der Waals surface area contributed by atoms with Crippen molar-refractivity contribution in [3.63, 3.8) is 0 Å². The lowest BCUT2D eigenvalue weighted by molar-refractivity contribution is 1.61. The number of rotatable bonds is 1. The van der Waals surface area contributed by atoms with Crippen molar-refractivity contribution in [2.45, 2.75) is 11.8 Å². The molecule has 0 saturated carbocycles. The highest BCUT2D eigenvalue weighted by molar-refractivity contribution is 6.57. The molecular weight excluding hydrogens is 214 g/mol. The van der Waals surface area contributed by atoms with E-state index >= 15 is 0 Å². The molecule has 0 aromatic rings. The molecule has 0 fully saturated rings. The van der Waals surface area contributed by atoms with Gasteiger partial charge in [-0.25, -0.2) is 0 Å². The lowest BCUT2D eigenvalue weighted by atomic mass is 10.7. The summed E-state index contributed by atoms with van der Waals surface area (Å²) >= 11 is 20.6. The second-order valence-electron chi connectivity index (χ2n) is 1.20. The molecule has 0 aliphatic rings. The first-order valence-corrected chi connectivity index (χ1v) is 4.05. The van der Waals surface area contributed by atoms with Gasteiger partial charge in [-0.1, -0.05) is 29.3 Å². The standard InChI is InChI=1S/C3H2Cl4.C3H6/c4-2(5)1-3(6)7;1-3-2/h1-2H;3H,1H2,2H3. The van der Waals surface area contributed by atoms with Gasteiger partial charge >= 0.3 is 0 Å². The predicted octanol–water partition coefficient (Wildman–Crippen LogP) is 4.30. The van der Waals surface area contributed by atoms with E-state index in [1.165, 1.54) is 6.08 Å². The third-order valence-electron chi connectivity index (χ3n) is 0.252. The smallest absolute Gasteiger partial charge is 0.103 e. The van der Waals surface area contributed by atoms with Crippen LogP contribution in [0, 0.1) is 0 Å². The Bertz CT molecular complexity index is 102. The molecule has 0 rings (SSSR count). The fourth-order valence-electron chi connectivity index (χ4n) is 0.0952. The second kappa shape index (κ2) is 9.64. The maximum absolute atomic E-state index is 5.19. The van der Waals surface area contributed by atoms with Crippen LogP contribution in [0.5, 0.6) is 0 Å². The molecule has 0 aromatic carbocycles. The number of halogens is 4.